The second kappa shape index (κ2) is 8.83. The van der Waals surface area contributed by atoms with E-state index in [4.69, 9.17) is 27.4 Å². The van der Waals surface area contributed by atoms with Crippen molar-refractivity contribution in [3.8, 4) is 0 Å². The molecular weight excluding hydrogens is 438 g/mol. The summed E-state index contributed by atoms with van der Waals surface area (Å²) in [5, 5.41) is 8.50. The van der Waals surface area contributed by atoms with Crippen LogP contribution >= 0.6 is 11.6 Å². The number of fused-ring (bicyclic) bond motifs is 1. The summed E-state index contributed by atoms with van der Waals surface area (Å²) in [5.41, 5.74) is 10.2. The zero-order chi connectivity index (χ0) is 23.1. The lowest BCUT2D eigenvalue weighted by Gasteiger charge is -2.35. The van der Waals surface area contributed by atoms with Crippen LogP contribution < -0.4 is 16.0 Å². The zero-order valence-electron chi connectivity index (χ0n) is 19.1. The van der Waals surface area contributed by atoms with Gasteiger partial charge in [-0.25, -0.2) is 9.50 Å². The molecular formula is C24H30ClN7O. The predicted octanol–water partition coefficient (Wildman–Crippen LogP) is 3.64. The number of nitrogens with two attached hydrogens (primary N) is 1. The summed E-state index contributed by atoms with van der Waals surface area (Å²) in [7, 11) is 1.81. The lowest BCUT2D eigenvalue weighted by atomic mass is 9.98. The lowest BCUT2D eigenvalue weighted by Crippen LogP contribution is -2.39. The van der Waals surface area contributed by atoms with Crippen molar-refractivity contribution < 1.29 is 4.79 Å². The molecule has 2 atom stereocenters. The summed E-state index contributed by atoms with van der Waals surface area (Å²) in [6.45, 7) is 4.49. The third-order valence-corrected chi connectivity index (χ3v) is 6.97. The average Bonchev–Trinajstić information content (AvgIpc) is 3.43. The van der Waals surface area contributed by atoms with E-state index < -0.39 is 0 Å². The van der Waals surface area contributed by atoms with Gasteiger partial charge in [0.25, 0.3) is 5.91 Å². The highest BCUT2D eigenvalue weighted by Gasteiger charge is 2.32. The molecule has 0 bridgehead atoms. The molecule has 1 aromatic carbocycles. The molecule has 1 amide bonds. The molecule has 0 radical (unpaired) electrons. The van der Waals surface area contributed by atoms with Crippen molar-refractivity contribution in [3.63, 3.8) is 0 Å². The van der Waals surface area contributed by atoms with Crippen LogP contribution in [0.5, 0.6) is 0 Å². The van der Waals surface area contributed by atoms with Crippen LogP contribution in [0.1, 0.15) is 53.3 Å². The number of hydrogen-bond acceptors (Lipinski definition) is 6. The Morgan fingerprint density at radius 3 is 2.82 bits per heavy atom. The normalized spacial score (nSPS) is 21.1. The minimum Gasteiger partial charge on any atom is -0.387 e. The fourth-order valence-electron chi connectivity index (χ4n) is 5.03. The van der Waals surface area contributed by atoms with E-state index in [-0.39, 0.29) is 18.0 Å². The number of rotatable bonds is 4. The lowest BCUT2D eigenvalue weighted by molar-refractivity contribution is 0.0606. The van der Waals surface area contributed by atoms with Crippen LogP contribution in [-0.2, 0) is 0 Å². The van der Waals surface area contributed by atoms with Crippen LogP contribution in [0.15, 0.2) is 30.5 Å². The van der Waals surface area contributed by atoms with Gasteiger partial charge in [0.1, 0.15) is 5.82 Å². The number of hydrogen-bond donors (Lipinski definition) is 2. The van der Waals surface area contributed by atoms with Gasteiger partial charge in [0.15, 0.2) is 5.65 Å². The number of amides is 1. The average molecular weight is 468 g/mol. The third kappa shape index (κ3) is 4.13. The highest BCUT2D eigenvalue weighted by molar-refractivity contribution is 6.31. The quantitative estimate of drug-likeness (QED) is 0.608. The predicted molar refractivity (Wildman–Crippen MR) is 131 cm³/mol. The topological polar surface area (TPSA) is 91.8 Å². The van der Waals surface area contributed by atoms with E-state index in [1.165, 1.54) is 0 Å². The Morgan fingerprint density at radius 1 is 1.21 bits per heavy atom. The van der Waals surface area contributed by atoms with E-state index >= 15 is 0 Å². The largest absolute Gasteiger partial charge is 0.387 e. The van der Waals surface area contributed by atoms with Gasteiger partial charge in [-0.15, -0.1) is 0 Å². The van der Waals surface area contributed by atoms with Crippen molar-refractivity contribution in [1.82, 2.24) is 19.5 Å². The maximum atomic E-state index is 13.6. The van der Waals surface area contributed by atoms with Crippen molar-refractivity contribution in [3.05, 3.63) is 52.3 Å². The second-order valence-electron chi connectivity index (χ2n) is 9.06. The molecule has 0 aliphatic carbocycles. The molecule has 2 aliphatic heterocycles. The summed E-state index contributed by atoms with van der Waals surface area (Å²) in [6, 6.07) is 7.49. The van der Waals surface area contributed by atoms with Crippen LogP contribution in [-0.4, -0.2) is 58.1 Å². The van der Waals surface area contributed by atoms with Gasteiger partial charge in [-0.1, -0.05) is 11.6 Å². The van der Waals surface area contributed by atoms with E-state index in [9.17, 15) is 4.79 Å². The Bertz CT molecular complexity index is 1190. The smallest absolute Gasteiger partial charge is 0.256 e. The minimum atomic E-state index is -0.0967. The number of halogens is 1. The first-order valence-corrected chi connectivity index (χ1v) is 12.0. The number of carbonyl (C=O) groups is 1. The third-order valence-electron chi connectivity index (χ3n) is 6.73. The maximum Gasteiger partial charge on any atom is 0.256 e. The molecule has 0 spiro atoms. The number of aryl methyl sites for hydroxylation is 1. The van der Waals surface area contributed by atoms with Gasteiger partial charge in [0.05, 0.1) is 17.3 Å². The fourth-order valence-corrected chi connectivity index (χ4v) is 5.20. The number of nitrogens with one attached hydrogen (secondary N) is 1. The van der Waals surface area contributed by atoms with Gasteiger partial charge < -0.3 is 20.9 Å². The number of likely N-dealkylation sites (tertiary alicyclic amines) is 1. The molecule has 3 N–H and O–H groups in total. The Kier molecular flexibility index (Phi) is 5.88. The fraction of sp³-hybridized carbons (Fsp3) is 0.458. The summed E-state index contributed by atoms with van der Waals surface area (Å²) in [6.07, 6.45) is 5.91. The molecule has 9 heteroatoms. The maximum absolute atomic E-state index is 13.6. The Balaban J connectivity index is 1.48. The highest BCUT2D eigenvalue weighted by Crippen LogP contribution is 2.34. The van der Waals surface area contributed by atoms with Crippen molar-refractivity contribution in [2.75, 3.05) is 36.9 Å². The number of nitrogens with zero attached hydrogens (tertiary/aromatic N) is 5. The second-order valence-corrected chi connectivity index (χ2v) is 9.50. The van der Waals surface area contributed by atoms with Crippen molar-refractivity contribution >= 4 is 34.7 Å². The van der Waals surface area contributed by atoms with E-state index in [1.54, 1.807) is 12.1 Å². The first-order valence-electron chi connectivity index (χ1n) is 11.6. The van der Waals surface area contributed by atoms with Crippen LogP contribution in [0.3, 0.4) is 0 Å². The first-order chi connectivity index (χ1) is 15.9. The highest BCUT2D eigenvalue weighted by atomic mass is 35.5. The van der Waals surface area contributed by atoms with Crippen LogP contribution in [0, 0.1) is 6.92 Å². The molecule has 2 saturated heterocycles. The summed E-state index contributed by atoms with van der Waals surface area (Å²) in [4.78, 5) is 22.7. The van der Waals surface area contributed by atoms with Gasteiger partial charge in [-0.05, 0) is 50.8 Å². The molecule has 5 rings (SSSR count). The Labute approximate surface area is 198 Å². The van der Waals surface area contributed by atoms with Crippen LogP contribution in [0.4, 0.5) is 11.5 Å². The first kappa shape index (κ1) is 22.0. The summed E-state index contributed by atoms with van der Waals surface area (Å²) >= 11 is 6.22. The number of piperidine rings is 1. The minimum absolute atomic E-state index is 0.0283. The molecule has 174 valence electrons. The number of aromatic nitrogens is 3. The Morgan fingerprint density at radius 2 is 2.06 bits per heavy atom. The van der Waals surface area contributed by atoms with Gasteiger partial charge in [0.2, 0.25) is 0 Å². The summed E-state index contributed by atoms with van der Waals surface area (Å²) in [5.74, 6) is 0.940. The van der Waals surface area contributed by atoms with E-state index in [0.29, 0.717) is 17.1 Å². The van der Waals surface area contributed by atoms with Crippen LogP contribution in [0.25, 0.3) is 5.65 Å². The molecule has 2 aromatic heterocycles. The number of anilines is 2. The molecule has 2 fully saturated rings. The van der Waals surface area contributed by atoms with Gasteiger partial charge >= 0.3 is 0 Å². The van der Waals surface area contributed by atoms with Crippen molar-refractivity contribution in [2.24, 2.45) is 5.73 Å². The molecule has 0 saturated carbocycles. The van der Waals surface area contributed by atoms with Gasteiger partial charge in [-0.2, -0.15) is 5.10 Å². The van der Waals surface area contributed by atoms with Crippen molar-refractivity contribution in [2.45, 2.75) is 44.7 Å². The SMILES string of the molecule is CNc1ccc(Cl)cc1C(=O)N1CCCC[C@H]1c1cc2nc(N3CC[C@@H](N)C3)c(C)cn2n1. The molecule has 2 aliphatic rings. The standard InChI is InChI=1S/C24H30ClN7O/c1-15-13-32-22(28-23(15)30-10-8-17(26)14-30)12-20(29-32)21-5-3-4-9-31(21)24(33)18-11-16(25)6-7-19(18)27-2/h6-7,11-13,17,21,27H,3-5,8-10,14,26H2,1-2H3/t17-,21+/m1/s1. The van der Waals surface area contributed by atoms with Gasteiger partial charge in [0, 0.05) is 61.3 Å². The van der Waals surface area contributed by atoms with Gasteiger partial charge in [-0.3, -0.25) is 4.79 Å². The van der Waals surface area contributed by atoms with Crippen LogP contribution in [0.2, 0.25) is 5.02 Å². The summed E-state index contributed by atoms with van der Waals surface area (Å²) < 4.78 is 1.83. The molecule has 0 unspecified atom stereocenters. The van der Waals surface area contributed by atoms with E-state index in [0.717, 1.165) is 67.2 Å². The molecule has 33 heavy (non-hydrogen) atoms. The molecule has 8 nitrogen and oxygen atoms in total. The van der Waals surface area contributed by atoms with E-state index in [1.807, 2.05) is 34.8 Å². The zero-order valence-corrected chi connectivity index (χ0v) is 19.8. The molecule has 3 aromatic rings. The number of benzene rings is 1. The van der Waals surface area contributed by atoms with Crippen molar-refractivity contribution in [1.29, 1.82) is 0 Å². The molecule has 4 heterocycles. The number of carbonyl (C=O) groups excluding carboxylic acids is 1. The Hall–Kier alpha value is -2.84. The van der Waals surface area contributed by atoms with E-state index in [2.05, 4.69) is 17.1 Å². The monoisotopic (exact) mass is 467 g/mol.